The zero-order valence-corrected chi connectivity index (χ0v) is 18.9. The van der Waals surface area contributed by atoms with E-state index in [9.17, 15) is 18.0 Å². The molecule has 2 atom stereocenters. The van der Waals surface area contributed by atoms with E-state index in [1.165, 1.54) is 10.9 Å². The van der Waals surface area contributed by atoms with Crippen molar-refractivity contribution in [1.82, 2.24) is 29.9 Å². The molecule has 1 unspecified atom stereocenters. The number of hydrogen-bond donors (Lipinski definition) is 0. The number of carbonyl (C=O) groups excluding carboxylic acids is 1. The zero-order chi connectivity index (χ0) is 24.0. The molecule has 0 spiro atoms. The van der Waals surface area contributed by atoms with Gasteiger partial charge in [0.25, 0.3) is 5.91 Å². The van der Waals surface area contributed by atoms with E-state index in [-0.39, 0.29) is 23.9 Å². The standard InChI is InChI=1S/C24H25F3N6O/c1-14-3-7-21(33-29-9-10-30-33)22(31-14)23(34)32-19-11-16(12-19)15(2)20(32)8-6-18-5-4-17(13-28-18)24(25,26)27/h3-5,7,9-10,13,15-16,19-20H,6,8,11-12H2,1-2H3/t15-,16?,19?,20?/m1/s1. The number of fused-ring (bicyclic) bond motifs is 2. The van der Waals surface area contributed by atoms with Crippen LogP contribution in [0.4, 0.5) is 13.2 Å². The highest BCUT2D eigenvalue weighted by atomic mass is 19.4. The number of pyridine rings is 2. The summed E-state index contributed by atoms with van der Waals surface area (Å²) in [6.45, 7) is 3.99. The highest BCUT2D eigenvalue weighted by Gasteiger charge is 2.50. The molecule has 0 radical (unpaired) electrons. The van der Waals surface area contributed by atoms with Crippen molar-refractivity contribution in [2.45, 2.75) is 57.8 Å². The fourth-order valence-corrected chi connectivity index (χ4v) is 5.21. The number of halogens is 3. The Hall–Kier alpha value is -3.30. The number of rotatable bonds is 5. The number of amides is 1. The quantitative estimate of drug-likeness (QED) is 0.557. The van der Waals surface area contributed by atoms with Gasteiger partial charge in [-0.2, -0.15) is 23.4 Å². The molecule has 1 saturated carbocycles. The Bertz CT molecular complexity index is 1170. The number of hydrogen-bond acceptors (Lipinski definition) is 5. The molecular formula is C24H25F3N6O. The molecule has 178 valence electrons. The van der Waals surface area contributed by atoms with Crippen molar-refractivity contribution in [2.24, 2.45) is 11.8 Å². The van der Waals surface area contributed by atoms with Crippen LogP contribution in [0.2, 0.25) is 0 Å². The summed E-state index contributed by atoms with van der Waals surface area (Å²) in [7, 11) is 0. The molecule has 3 aromatic heterocycles. The third-order valence-electron chi connectivity index (χ3n) is 7.18. The van der Waals surface area contributed by atoms with E-state index >= 15 is 0 Å². The van der Waals surface area contributed by atoms with Crippen LogP contribution in [0.15, 0.2) is 42.9 Å². The Morgan fingerprint density at radius 2 is 1.85 bits per heavy atom. The second-order valence-corrected chi connectivity index (χ2v) is 9.24. The molecule has 1 aliphatic carbocycles. The predicted octanol–water partition coefficient (Wildman–Crippen LogP) is 4.26. The molecule has 7 nitrogen and oxygen atoms in total. The lowest BCUT2D eigenvalue weighted by molar-refractivity contribution is -0.137. The van der Waals surface area contributed by atoms with E-state index in [1.807, 2.05) is 17.9 Å². The van der Waals surface area contributed by atoms with Gasteiger partial charge in [0.05, 0.1) is 18.0 Å². The van der Waals surface area contributed by atoms with Gasteiger partial charge in [0.15, 0.2) is 5.69 Å². The summed E-state index contributed by atoms with van der Waals surface area (Å²) in [6.07, 6.45) is 2.60. The molecular weight excluding hydrogens is 445 g/mol. The maximum atomic E-state index is 13.9. The second kappa shape index (κ2) is 8.48. The molecule has 0 aromatic carbocycles. The van der Waals surface area contributed by atoms with Gasteiger partial charge in [-0.1, -0.05) is 6.92 Å². The Morgan fingerprint density at radius 3 is 2.50 bits per heavy atom. The van der Waals surface area contributed by atoms with Crippen LogP contribution in [-0.4, -0.2) is 47.9 Å². The molecule has 6 rings (SSSR count). The van der Waals surface area contributed by atoms with Gasteiger partial charge in [0.2, 0.25) is 0 Å². The summed E-state index contributed by atoms with van der Waals surface area (Å²) in [5.41, 5.74) is 1.39. The first kappa shape index (κ1) is 22.5. The highest BCUT2D eigenvalue weighted by molar-refractivity contribution is 5.96. The molecule has 3 aliphatic rings. The first-order chi connectivity index (χ1) is 16.2. The maximum Gasteiger partial charge on any atom is 0.417 e. The van der Waals surface area contributed by atoms with Gasteiger partial charge in [0.1, 0.15) is 5.69 Å². The third-order valence-corrected chi connectivity index (χ3v) is 7.18. The number of alkyl halides is 3. The van der Waals surface area contributed by atoms with Crippen LogP contribution in [0, 0.1) is 18.8 Å². The first-order valence-corrected chi connectivity index (χ1v) is 11.4. The normalized spacial score (nSPS) is 24.1. The molecule has 0 N–H and O–H groups in total. The van der Waals surface area contributed by atoms with Crippen LogP contribution in [-0.2, 0) is 12.6 Å². The van der Waals surface area contributed by atoms with E-state index in [0.29, 0.717) is 35.8 Å². The van der Waals surface area contributed by atoms with Crippen molar-refractivity contribution in [3.8, 4) is 5.69 Å². The monoisotopic (exact) mass is 470 g/mol. The van der Waals surface area contributed by atoms with Crippen molar-refractivity contribution in [3.63, 3.8) is 0 Å². The van der Waals surface area contributed by atoms with Crippen LogP contribution < -0.4 is 0 Å². The van der Waals surface area contributed by atoms with E-state index in [2.05, 4.69) is 27.1 Å². The fraction of sp³-hybridized carbons (Fsp3) is 0.458. The first-order valence-electron chi connectivity index (χ1n) is 11.4. The largest absolute Gasteiger partial charge is 0.417 e. The van der Waals surface area contributed by atoms with Gasteiger partial charge >= 0.3 is 6.18 Å². The highest BCUT2D eigenvalue weighted by Crippen LogP contribution is 2.48. The summed E-state index contributed by atoms with van der Waals surface area (Å²) in [4.78, 5) is 25.8. The third kappa shape index (κ3) is 4.05. The zero-order valence-electron chi connectivity index (χ0n) is 18.9. The van der Waals surface area contributed by atoms with E-state index < -0.39 is 11.7 Å². The lowest BCUT2D eigenvalue weighted by atomic mass is 9.64. The Kier molecular flexibility index (Phi) is 5.61. The summed E-state index contributed by atoms with van der Waals surface area (Å²) < 4.78 is 38.6. The van der Waals surface area contributed by atoms with Crippen molar-refractivity contribution in [3.05, 3.63) is 65.5 Å². The summed E-state index contributed by atoms with van der Waals surface area (Å²) in [5.74, 6) is 0.674. The summed E-state index contributed by atoms with van der Waals surface area (Å²) in [5, 5.41) is 8.35. The molecule has 10 heteroatoms. The average Bonchev–Trinajstić information content (AvgIpc) is 3.31. The molecule has 3 fully saturated rings. The lowest BCUT2D eigenvalue weighted by Crippen LogP contribution is -2.63. The minimum atomic E-state index is -4.41. The predicted molar refractivity (Wildman–Crippen MR) is 117 cm³/mol. The van der Waals surface area contributed by atoms with Crippen LogP contribution >= 0.6 is 0 Å². The molecule has 2 saturated heterocycles. The number of piperidine rings is 2. The minimum absolute atomic E-state index is 0.0464. The number of nitrogens with zero attached hydrogens (tertiary/aromatic N) is 6. The Morgan fingerprint density at radius 1 is 1.12 bits per heavy atom. The number of aryl methyl sites for hydroxylation is 2. The van der Waals surface area contributed by atoms with E-state index in [4.69, 9.17) is 0 Å². The molecule has 5 heterocycles. The van der Waals surface area contributed by atoms with Gasteiger partial charge in [-0.05, 0) is 68.7 Å². The van der Waals surface area contributed by atoms with Gasteiger partial charge < -0.3 is 4.90 Å². The average molecular weight is 470 g/mol. The van der Waals surface area contributed by atoms with Crippen molar-refractivity contribution in [1.29, 1.82) is 0 Å². The van der Waals surface area contributed by atoms with Crippen LogP contribution in [0.5, 0.6) is 0 Å². The van der Waals surface area contributed by atoms with Crippen LogP contribution in [0.1, 0.15) is 53.6 Å². The minimum Gasteiger partial charge on any atom is -0.331 e. The molecule has 1 amide bonds. The van der Waals surface area contributed by atoms with Crippen molar-refractivity contribution in [2.75, 3.05) is 0 Å². The van der Waals surface area contributed by atoms with Crippen molar-refractivity contribution < 1.29 is 18.0 Å². The van der Waals surface area contributed by atoms with Crippen LogP contribution in [0.3, 0.4) is 0 Å². The second-order valence-electron chi connectivity index (χ2n) is 9.24. The number of aromatic nitrogens is 5. The van der Waals surface area contributed by atoms with Crippen LogP contribution in [0.25, 0.3) is 5.69 Å². The summed E-state index contributed by atoms with van der Waals surface area (Å²) in [6, 6.07) is 6.20. The van der Waals surface area contributed by atoms with Gasteiger partial charge in [-0.15, -0.1) is 4.80 Å². The van der Waals surface area contributed by atoms with Crippen molar-refractivity contribution >= 4 is 5.91 Å². The molecule has 34 heavy (non-hydrogen) atoms. The summed E-state index contributed by atoms with van der Waals surface area (Å²) >= 11 is 0. The number of carbonyl (C=O) groups is 1. The topological polar surface area (TPSA) is 76.8 Å². The lowest BCUT2D eigenvalue weighted by Gasteiger charge is -2.57. The van der Waals surface area contributed by atoms with E-state index in [1.54, 1.807) is 18.5 Å². The van der Waals surface area contributed by atoms with Gasteiger partial charge in [0, 0.05) is 29.7 Å². The maximum absolute atomic E-state index is 13.9. The smallest absolute Gasteiger partial charge is 0.331 e. The SMILES string of the molecule is Cc1ccc(-n2nccn2)c(C(=O)N2C3CC(C3)[C@@H](C)C2CCc2ccc(C(F)(F)F)cn2)n1. The molecule has 2 bridgehead atoms. The van der Waals surface area contributed by atoms with Gasteiger partial charge in [-0.3, -0.25) is 9.78 Å². The molecule has 3 aromatic rings. The molecule has 2 aliphatic heterocycles. The van der Waals surface area contributed by atoms with Gasteiger partial charge in [-0.25, -0.2) is 4.98 Å². The van der Waals surface area contributed by atoms with E-state index in [0.717, 1.165) is 30.8 Å². The Labute approximate surface area is 195 Å². The fourth-order valence-electron chi connectivity index (χ4n) is 5.21. The Balaban J connectivity index is 1.40.